The minimum absolute atomic E-state index is 0.157. The largest absolute Gasteiger partial charge is 0.508 e. The van der Waals surface area contributed by atoms with Crippen LogP contribution in [-0.2, 0) is 9.59 Å². The third-order valence-electron chi connectivity index (χ3n) is 3.01. The Morgan fingerprint density at radius 1 is 0.840 bits per heavy atom. The Morgan fingerprint density at radius 3 is 1.48 bits per heavy atom. The van der Waals surface area contributed by atoms with Crippen molar-refractivity contribution in [2.45, 2.75) is 12.1 Å². The molecule has 1 rings (SSSR count). The molecule has 11 heteroatoms. The number of phenols is 1. The number of amides is 2. The third kappa shape index (κ3) is 5.87. The van der Waals surface area contributed by atoms with Crippen molar-refractivity contribution in [3.05, 3.63) is 29.3 Å². The van der Waals surface area contributed by atoms with Crippen LogP contribution in [0.25, 0.3) is 0 Å². The van der Waals surface area contributed by atoms with E-state index in [1.54, 1.807) is 0 Å². The third-order valence-corrected chi connectivity index (χ3v) is 3.74. The van der Waals surface area contributed by atoms with Gasteiger partial charge in [0.15, 0.2) is 0 Å². The van der Waals surface area contributed by atoms with Crippen molar-refractivity contribution in [1.82, 2.24) is 10.6 Å². The summed E-state index contributed by atoms with van der Waals surface area (Å²) in [6.07, 6.45) is 0. The van der Waals surface area contributed by atoms with Crippen molar-refractivity contribution in [2.24, 2.45) is 0 Å². The molecule has 25 heavy (non-hydrogen) atoms. The van der Waals surface area contributed by atoms with Gasteiger partial charge in [-0.3, -0.25) is 9.59 Å². The topological polar surface area (TPSA) is 153 Å². The number of phenolic OH excluding ortho intramolecular Hbond substituents is 1. The predicted octanol–water partition coefficient (Wildman–Crippen LogP) is -0.382. The van der Waals surface area contributed by atoms with E-state index in [1.165, 1.54) is 0 Å². The molecule has 0 bridgehead atoms. The van der Waals surface area contributed by atoms with E-state index in [0.29, 0.717) is 0 Å². The zero-order valence-electron chi connectivity index (χ0n) is 12.7. The standard InChI is InChI=1S/C14H16N2O7S2/c17-8-2-6(11(18)15-9(4-24)13(20)21)1-7(3-8)12(19)16-10(5-25)14(22)23/h1-3,9-10,17,24-25H,4-5H2,(H,15,18)(H,16,19)(H,20,21)(H,22,23). The van der Waals surface area contributed by atoms with Gasteiger partial charge >= 0.3 is 11.9 Å². The summed E-state index contributed by atoms with van der Waals surface area (Å²) in [5.74, 6) is -5.00. The highest BCUT2D eigenvalue weighted by Crippen LogP contribution is 2.16. The second-order valence-corrected chi connectivity index (χ2v) is 5.59. The number of aromatic hydroxyl groups is 1. The van der Waals surface area contributed by atoms with Crippen molar-refractivity contribution >= 4 is 49.0 Å². The van der Waals surface area contributed by atoms with E-state index in [9.17, 15) is 24.3 Å². The number of hydrogen-bond donors (Lipinski definition) is 7. The van der Waals surface area contributed by atoms with Gasteiger partial charge in [0, 0.05) is 22.6 Å². The van der Waals surface area contributed by atoms with Gasteiger partial charge in [-0.15, -0.1) is 0 Å². The number of carboxylic acid groups (broad SMARTS) is 2. The zero-order valence-corrected chi connectivity index (χ0v) is 14.5. The van der Waals surface area contributed by atoms with Gasteiger partial charge in [-0.1, -0.05) is 0 Å². The highest BCUT2D eigenvalue weighted by molar-refractivity contribution is 7.80. The summed E-state index contributed by atoms with van der Waals surface area (Å²) in [5, 5.41) is 31.8. The smallest absolute Gasteiger partial charge is 0.327 e. The Hall–Kier alpha value is -2.40. The molecule has 1 aromatic carbocycles. The van der Waals surface area contributed by atoms with Gasteiger partial charge < -0.3 is 26.0 Å². The first-order valence-corrected chi connectivity index (χ1v) is 8.09. The number of thiol groups is 2. The molecule has 0 aliphatic heterocycles. The van der Waals surface area contributed by atoms with Gasteiger partial charge in [-0.05, 0) is 18.2 Å². The van der Waals surface area contributed by atoms with Crippen molar-refractivity contribution < 1.29 is 34.5 Å². The van der Waals surface area contributed by atoms with Crippen LogP contribution in [0.1, 0.15) is 20.7 Å². The fraction of sp³-hybridized carbons (Fsp3) is 0.286. The Balaban J connectivity index is 3.02. The molecule has 0 aromatic heterocycles. The van der Waals surface area contributed by atoms with E-state index >= 15 is 0 Å². The van der Waals surface area contributed by atoms with E-state index in [2.05, 4.69) is 35.9 Å². The number of carbonyl (C=O) groups excluding carboxylic acids is 2. The van der Waals surface area contributed by atoms with Crippen LogP contribution in [0, 0.1) is 0 Å². The minimum Gasteiger partial charge on any atom is -0.508 e. The maximum atomic E-state index is 12.1. The number of carboxylic acids is 2. The van der Waals surface area contributed by atoms with E-state index in [-0.39, 0.29) is 22.6 Å². The van der Waals surface area contributed by atoms with Gasteiger partial charge in [0.1, 0.15) is 17.8 Å². The van der Waals surface area contributed by atoms with Crippen LogP contribution in [0.4, 0.5) is 0 Å². The summed E-state index contributed by atoms with van der Waals surface area (Å²) < 4.78 is 0. The first-order chi connectivity index (χ1) is 11.7. The lowest BCUT2D eigenvalue weighted by atomic mass is 10.1. The maximum absolute atomic E-state index is 12.1. The lowest BCUT2D eigenvalue weighted by Gasteiger charge is -2.14. The normalized spacial score (nSPS) is 12.7. The van der Waals surface area contributed by atoms with Crippen LogP contribution in [-0.4, -0.2) is 62.7 Å². The van der Waals surface area contributed by atoms with E-state index in [4.69, 9.17) is 10.2 Å². The summed E-state index contributed by atoms with van der Waals surface area (Å²) in [4.78, 5) is 46.0. The average Bonchev–Trinajstić information content (AvgIpc) is 2.55. The van der Waals surface area contributed by atoms with E-state index < -0.39 is 41.6 Å². The molecule has 136 valence electrons. The monoisotopic (exact) mass is 388 g/mol. The molecular weight excluding hydrogens is 372 g/mol. The van der Waals surface area contributed by atoms with Crippen molar-refractivity contribution in [3.8, 4) is 5.75 Å². The van der Waals surface area contributed by atoms with Crippen molar-refractivity contribution in [2.75, 3.05) is 11.5 Å². The molecule has 2 atom stereocenters. The number of hydrogen-bond acceptors (Lipinski definition) is 7. The number of benzene rings is 1. The molecule has 5 N–H and O–H groups in total. The number of nitrogens with one attached hydrogen (secondary N) is 2. The second kappa shape index (κ2) is 9.18. The fourth-order valence-corrected chi connectivity index (χ4v) is 2.22. The van der Waals surface area contributed by atoms with Crippen LogP contribution >= 0.6 is 25.3 Å². The molecule has 1 aromatic rings. The van der Waals surface area contributed by atoms with Crippen LogP contribution in [0.2, 0.25) is 0 Å². The van der Waals surface area contributed by atoms with Crippen molar-refractivity contribution in [1.29, 1.82) is 0 Å². The molecule has 0 saturated heterocycles. The highest BCUT2D eigenvalue weighted by Gasteiger charge is 2.22. The molecule has 0 aliphatic carbocycles. The minimum atomic E-state index is -1.29. The summed E-state index contributed by atoms with van der Waals surface area (Å²) in [7, 11) is 0. The van der Waals surface area contributed by atoms with Gasteiger partial charge in [0.2, 0.25) is 0 Å². The molecule has 2 unspecified atom stereocenters. The van der Waals surface area contributed by atoms with Crippen LogP contribution in [0.3, 0.4) is 0 Å². The number of carbonyl (C=O) groups is 4. The molecule has 0 saturated carbocycles. The molecule has 0 fully saturated rings. The maximum Gasteiger partial charge on any atom is 0.327 e. The average molecular weight is 388 g/mol. The fourth-order valence-electron chi connectivity index (χ4n) is 1.73. The molecule has 2 amide bonds. The molecule has 0 radical (unpaired) electrons. The van der Waals surface area contributed by atoms with Gasteiger partial charge in [0.25, 0.3) is 11.8 Å². The number of aliphatic carboxylic acids is 2. The Kier molecular flexibility index (Phi) is 7.58. The van der Waals surface area contributed by atoms with Crippen LogP contribution in [0.15, 0.2) is 18.2 Å². The lowest BCUT2D eigenvalue weighted by Crippen LogP contribution is -2.43. The highest BCUT2D eigenvalue weighted by atomic mass is 32.1. The molecule has 0 spiro atoms. The lowest BCUT2D eigenvalue weighted by molar-refractivity contribution is -0.139. The molecule has 0 heterocycles. The molecular formula is C14H16N2O7S2. The van der Waals surface area contributed by atoms with Gasteiger partial charge in [0.05, 0.1) is 0 Å². The molecule has 0 aliphatic rings. The Bertz CT molecular complexity index is 642. The molecule has 9 nitrogen and oxygen atoms in total. The quantitative estimate of drug-likeness (QED) is 0.300. The summed E-state index contributed by atoms with van der Waals surface area (Å²) in [6.45, 7) is 0. The summed E-state index contributed by atoms with van der Waals surface area (Å²) >= 11 is 7.62. The Labute approximate surface area is 153 Å². The van der Waals surface area contributed by atoms with Gasteiger partial charge in [-0.25, -0.2) is 9.59 Å². The summed E-state index contributed by atoms with van der Waals surface area (Å²) in [6, 6.07) is 0.666. The predicted molar refractivity (Wildman–Crippen MR) is 93.6 cm³/mol. The van der Waals surface area contributed by atoms with Crippen LogP contribution in [0.5, 0.6) is 5.75 Å². The number of rotatable bonds is 8. The van der Waals surface area contributed by atoms with Crippen molar-refractivity contribution in [3.63, 3.8) is 0 Å². The zero-order chi connectivity index (χ0) is 19.1. The summed E-state index contributed by atoms with van der Waals surface area (Å²) in [5.41, 5.74) is -0.341. The van der Waals surface area contributed by atoms with E-state index in [0.717, 1.165) is 18.2 Å². The van der Waals surface area contributed by atoms with E-state index in [1.807, 2.05) is 0 Å². The first-order valence-electron chi connectivity index (χ1n) is 6.82. The Morgan fingerprint density at radius 2 is 1.20 bits per heavy atom. The second-order valence-electron chi connectivity index (χ2n) is 4.86. The van der Waals surface area contributed by atoms with Crippen LogP contribution < -0.4 is 10.6 Å². The SMILES string of the molecule is O=C(NC(CS)C(=O)O)c1cc(O)cc(C(=O)NC(CS)C(=O)O)c1. The first kappa shape index (κ1) is 20.6. The van der Waals surface area contributed by atoms with Gasteiger partial charge in [-0.2, -0.15) is 25.3 Å².